The molecule has 0 spiro atoms. The van der Waals surface area contributed by atoms with Gasteiger partial charge in [0.15, 0.2) is 17.3 Å². The molecule has 4 heterocycles. The van der Waals surface area contributed by atoms with Crippen LogP contribution in [0.5, 0.6) is 5.75 Å². The van der Waals surface area contributed by atoms with Crippen LogP contribution in [-0.2, 0) is 6.54 Å². The smallest absolute Gasteiger partial charge is 0.165 e. The molecule has 3 aromatic heterocycles. The summed E-state index contributed by atoms with van der Waals surface area (Å²) in [5.41, 5.74) is 9.23. The van der Waals surface area contributed by atoms with Crippen molar-refractivity contribution in [1.29, 1.82) is 0 Å². The summed E-state index contributed by atoms with van der Waals surface area (Å²) in [4.78, 5) is 15.5. The third-order valence-electron chi connectivity index (χ3n) is 6.83. The minimum Gasteiger partial charge on any atom is -0.490 e. The zero-order valence-electron chi connectivity index (χ0n) is 20.9. The number of imidazole rings is 1. The number of nitrogens with two attached hydrogens (primary N) is 1. The van der Waals surface area contributed by atoms with Gasteiger partial charge in [-0.25, -0.2) is 23.7 Å². The van der Waals surface area contributed by atoms with Crippen molar-refractivity contribution in [2.45, 2.75) is 25.5 Å². The molecule has 1 saturated heterocycles. The van der Waals surface area contributed by atoms with Gasteiger partial charge in [0, 0.05) is 43.3 Å². The number of anilines is 1. The van der Waals surface area contributed by atoms with Gasteiger partial charge in [0.05, 0.1) is 5.02 Å². The molecule has 0 atom stereocenters. The molecule has 0 amide bonds. The van der Waals surface area contributed by atoms with Gasteiger partial charge >= 0.3 is 0 Å². The fourth-order valence-corrected chi connectivity index (χ4v) is 5.07. The van der Waals surface area contributed by atoms with E-state index < -0.39 is 11.6 Å². The second-order valence-electron chi connectivity index (χ2n) is 9.57. The molecule has 198 valence electrons. The molecule has 1 fully saturated rings. The van der Waals surface area contributed by atoms with Crippen LogP contribution in [0, 0.1) is 11.6 Å². The number of fused-ring (bicyclic) bond motifs is 1. The Hall–Kier alpha value is -4.08. The summed E-state index contributed by atoms with van der Waals surface area (Å²) in [6.45, 7) is 2.70. The number of likely N-dealkylation sites (tertiary alicyclic amines) is 1. The highest BCUT2D eigenvalue weighted by atomic mass is 35.5. The van der Waals surface area contributed by atoms with Crippen LogP contribution < -0.4 is 10.5 Å². The number of nitrogen functional groups attached to an aromatic ring is 1. The van der Waals surface area contributed by atoms with Crippen LogP contribution >= 0.6 is 11.6 Å². The summed E-state index contributed by atoms with van der Waals surface area (Å²) < 4.78 is 35.8. The summed E-state index contributed by atoms with van der Waals surface area (Å²) in [6.07, 6.45) is 5.22. The first-order valence-electron chi connectivity index (χ1n) is 12.6. The number of halogens is 3. The van der Waals surface area contributed by atoms with Crippen molar-refractivity contribution in [1.82, 2.24) is 24.4 Å². The Bertz CT molecular complexity index is 1630. The first kappa shape index (κ1) is 25.2. The standard InChI is InChI=1S/C29H25ClF2N6O/c30-20-15-26-29(35-16-20)38(28(36-26)19-1-6-24(31)25(32)14-19)21-2-4-22(5-3-21)39-23-8-11-37(12-9-23)17-18-7-10-34-27(33)13-18/h1-7,10,13-16,23H,8-9,11-12,17H2,(H2,33,34). The Morgan fingerprint density at radius 1 is 0.949 bits per heavy atom. The van der Waals surface area contributed by atoms with Crippen molar-refractivity contribution < 1.29 is 13.5 Å². The number of benzene rings is 2. The number of aromatic nitrogens is 4. The lowest BCUT2D eigenvalue weighted by atomic mass is 10.1. The van der Waals surface area contributed by atoms with Crippen LogP contribution in [0.2, 0.25) is 5.02 Å². The maximum absolute atomic E-state index is 14.1. The monoisotopic (exact) mass is 546 g/mol. The maximum Gasteiger partial charge on any atom is 0.165 e. The molecule has 1 aliphatic rings. The van der Waals surface area contributed by atoms with E-state index in [-0.39, 0.29) is 6.10 Å². The summed E-state index contributed by atoms with van der Waals surface area (Å²) in [7, 11) is 0. The van der Waals surface area contributed by atoms with Crippen LogP contribution in [0.15, 0.2) is 73.1 Å². The lowest BCUT2D eigenvalue weighted by Crippen LogP contribution is -2.37. The van der Waals surface area contributed by atoms with E-state index in [9.17, 15) is 8.78 Å². The zero-order chi connectivity index (χ0) is 26.9. The molecule has 39 heavy (non-hydrogen) atoms. The van der Waals surface area contributed by atoms with E-state index in [2.05, 4.69) is 19.9 Å². The van der Waals surface area contributed by atoms with Crippen molar-refractivity contribution in [3.05, 3.63) is 95.3 Å². The Balaban J connectivity index is 1.19. The van der Waals surface area contributed by atoms with Gasteiger partial charge in [0.25, 0.3) is 0 Å². The molecule has 2 N–H and O–H groups in total. The number of hydrogen-bond acceptors (Lipinski definition) is 6. The molecule has 6 rings (SSSR count). The largest absolute Gasteiger partial charge is 0.490 e. The van der Waals surface area contributed by atoms with E-state index in [4.69, 9.17) is 22.1 Å². The molecule has 0 bridgehead atoms. The maximum atomic E-state index is 14.1. The number of rotatable bonds is 6. The van der Waals surface area contributed by atoms with Crippen molar-refractivity contribution in [3.63, 3.8) is 0 Å². The van der Waals surface area contributed by atoms with Crippen molar-refractivity contribution >= 4 is 28.6 Å². The Kier molecular flexibility index (Phi) is 6.85. The van der Waals surface area contributed by atoms with Gasteiger partial charge < -0.3 is 10.5 Å². The molecule has 0 aliphatic carbocycles. The molecule has 0 saturated carbocycles. The lowest BCUT2D eigenvalue weighted by Gasteiger charge is -2.32. The summed E-state index contributed by atoms with van der Waals surface area (Å²) in [6, 6.07) is 16.9. The Morgan fingerprint density at radius 3 is 2.49 bits per heavy atom. The van der Waals surface area contributed by atoms with Crippen LogP contribution in [0.1, 0.15) is 18.4 Å². The van der Waals surface area contributed by atoms with Crippen LogP contribution in [-0.4, -0.2) is 43.6 Å². The first-order valence-corrected chi connectivity index (χ1v) is 13.0. The van der Waals surface area contributed by atoms with Gasteiger partial charge in [-0.3, -0.25) is 9.47 Å². The highest BCUT2D eigenvalue weighted by Gasteiger charge is 2.21. The van der Waals surface area contributed by atoms with E-state index in [1.165, 1.54) is 12.3 Å². The minimum atomic E-state index is -0.947. The lowest BCUT2D eigenvalue weighted by molar-refractivity contribution is 0.0968. The zero-order valence-corrected chi connectivity index (χ0v) is 21.7. The fourth-order valence-electron chi connectivity index (χ4n) is 4.92. The normalized spacial score (nSPS) is 14.6. The molecule has 10 heteroatoms. The molecule has 0 radical (unpaired) electrons. The second kappa shape index (κ2) is 10.6. The quantitative estimate of drug-likeness (QED) is 0.280. The summed E-state index contributed by atoms with van der Waals surface area (Å²) >= 11 is 6.14. The van der Waals surface area contributed by atoms with Crippen LogP contribution in [0.25, 0.3) is 28.2 Å². The number of ether oxygens (including phenoxy) is 1. The van der Waals surface area contributed by atoms with Crippen LogP contribution in [0.3, 0.4) is 0 Å². The van der Waals surface area contributed by atoms with E-state index in [0.717, 1.165) is 61.6 Å². The number of piperidine rings is 1. The van der Waals surface area contributed by atoms with Crippen LogP contribution in [0.4, 0.5) is 14.6 Å². The summed E-state index contributed by atoms with van der Waals surface area (Å²) in [5.74, 6) is -0.146. The van der Waals surface area contributed by atoms with Gasteiger partial charge in [-0.15, -0.1) is 0 Å². The fraction of sp³-hybridized carbons (Fsp3) is 0.207. The van der Waals surface area contributed by atoms with E-state index in [0.29, 0.717) is 33.4 Å². The van der Waals surface area contributed by atoms with Crippen molar-refractivity contribution in [2.24, 2.45) is 0 Å². The molecular weight excluding hydrogens is 522 g/mol. The molecular formula is C29H25ClF2N6O. The second-order valence-corrected chi connectivity index (χ2v) is 10.0. The predicted molar refractivity (Wildman–Crippen MR) is 147 cm³/mol. The third kappa shape index (κ3) is 5.41. The van der Waals surface area contributed by atoms with E-state index >= 15 is 0 Å². The van der Waals surface area contributed by atoms with E-state index in [1.807, 2.05) is 36.4 Å². The Morgan fingerprint density at radius 2 is 1.74 bits per heavy atom. The molecule has 7 nitrogen and oxygen atoms in total. The minimum absolute atomic E-state index is 0.116. The number of nitrogens with zero attached hydrogens (tertiary/aromatic N) is 5. The topological polar surface area (TPSA) is 82.1 Å². The van der Waals surface area contributed by atoms with Crippen molar-refractivity contribution in [3.8, 4) is 22.8 Å². The van der Waals surface area contributed by atoms with Gasteiger partial charge in [0.1, 0.15) is 29.0 Å². The molecule has 5 aromatic rings. The average Bonchev–Trinajstić information content (AvgIpc) is 3.30. The summed E-state index contributed by atoms with van der Waals surface area (Å²) in [5, 5.41) is 0.434. The Labute approximate surface area is 228 Å². The van der Waals surface area contributed by atoms with Crippen molar-refractivity contribution in [2.75, 3.05) is 18.8 Å². The highest BCUT2D eigenvalue weighted by molar-refractivity contribution is 6.31. The highest BCUT2D eigenvalue weighted by Crippen LogP contribution is 2.31. The van der Waals surface area contributed by atoms with Gasteiger partial charge in [-0.05, 0) is 79.1 Å². The van der Waals surface area contributed by atoms with E-state index in [1.54, 1.807) is 16.8 Å². The molecule has 0 unspecified atom stereocenters. The van der Waals surface area contributed by atoms with Gasteiger partial charge in [-0.2, -0.15) is 0 Å². The SMILES string of the molecule is Nc1cc(CN2CCC(Oc3ccc(-n4c(-c5ccc(F)c(F)c5)nc5cc(Cl)cnc54)cc3)CC2)ccn1. The number of hydrogen-bond donors (Lipinski definition) is 1. The molecule has 1 aliphatic heterocycles. The predicted octanol–water partition coefficient (Wildman–Crippen LogP) is 6.04. The third-order valence-corrected chi connectivity index (χ3v) is 7.03. The number of pyridine rings is 2. The van der Waals surface area contributed by atoms with Gasteiger partial charge in [-0.1, -0.05) is 11.6 Å². The van der Waals surface area contributed by atoms with Gasteiger partial charge in [0.2, 0.25) is 0 Å². The first-order chi connectivity index (χ1) is 18.9. The molecule has 2 aromatic carbocycles. The average molecular weight is 547 g/mol.